The van der Waals surface area contributed by atoms with E-state index in [0.29, 0.717) is 26.3 Å². The fraction of sp³-hybridized carbons (Fsp3) is 0.429. The minimum Gasteiger partial charge on any atom is -0.550 e. The van der Waals surface area contributed by atoms with E-state index < -0.39 is 29.3 Å². The number of nitrogens with one attached hydrogen (secondary N) is 2. The molecule has 9 heteroatoms. The van der Waals surface area contributed by atoms with E-state index in [2.05, 4.69) is 5.32 Å². The number of carbonyl (C=O) groups is 2. The summed E-state index contributed by atoms with van der Waals surface area (Å²) in [6, 6.07) is 4.66. The molecule has 124 valence electrons. The molecular formula is C14H17N3O6. The fourth-order valence-corrected chi connectivity index (χ4v) is 2.50. The number of nitro groups is 1. The van der Waals surface area contributed by atoms with Gasteiger partial charge in [0.25, 0.3) is 11.6 Å². The van der Waals surface area contributed by atoms with Gasteiger partial charge >= 0.3 is 0 Å². The maximum atomic E-state index is 12.4. The summed E-state index contributed by atoms with van der Waals surface area (Å²) in [6.45, 7) is 1.92. The normalized spacial score (nSPS) is 16.5. The van der Waals surface area contributed by atoms with E-state index in [1.807, 2.05) is 0 Å². The second-order valence-electron chi connectivity index (χ2n) is 5.20. The summed E-state index contributed by atoms with van der Waals surface area (Å²) in [6.07, 6.45) is -0.421. The van der Waals surface area contributed by atoms with Gasteiger partial charge in [-0.05, 0) is 6.07 Å². The van der Waals surface area contributed by atoms with Crippen molar-refractivity contribution < 1.29 is 29.3 Å². The Kier molecular flexibility index (Phi) is 5.61. The zero-order chi connectivity index (χ0) is 16.8. The van der Waals surface area contributed by atoms with Crippen LogP contribution in [0.1, 0.15) is 6.42 Å². The molecule has 2 N–H and O–H groups in total. The first-order valence-corrected chi connectivity index (χ1v) is 7.15. The smallest absolute Gasteiger partial charge is 0.283 e. The standard InChI is InChI=1S/C14H17N3O6/c18-13(19)9-12(16-4-6-23-7-5-16)14(20)15-10-2-1-3-11(8-10)17(21)22/h1-3,8,12H,4-7,9H2,(H,15,20)(H,18,19)/t12-/m1/s1. The molecule has 1 saturated heterocycles. The van der Waals surface area contributed by atoms with E-state index in [9.17, 15) is 24.8 Å². The van der Waals surface area contributed by atoms with Gasteiger partial charge < -0.3 is 24.9 Å². The number of carbonyl (C=O) groups excluding carboxylic acids is 2. The average Bonchev–Trinajstić information content (AvgIpc) is 2.53. The van der Waals surface area contributed by atoms with Gasteiger partial charge in [-0.15, -0.1) is 0 Å². The minimum absolute atomic E-state index is 0.155. The highest BCUT2D eigenvalue weighted by Gasteiger charge is 2.31. The SMILES string of the molecule is O=C([O-])C[C@H](C(=O)Nc1cccc([N+](=O)[O-])c1)[NH+]1CCOCC1. The zero-order valence-electron chi connectivity index (χ0n) is 12.3. The number of ether oxygens (including phenoxy) is 1. The number of non-ortho nitro benzene ring substituents is 1. The van der Waals surface area contributed by atoms with Crippen LogP contribution in [0.5, 0.6) is 0 Å². The molecule has 1 fully saturated rings. The summed E-state index contributed by atoms with van der Waals surface area (Å²) in [7, 11) is 0. The van der Waals surface area contributed by atoms with Gasteiger partial charge in [-0.3, -0.25) is 14.9 Å². The third kappa shape index (κ3) is 4.73. The summed E-state index contributed by atoms with van der Waals surface area (Å²) >= 11 is 0. The largest absolute Gasteiger partial charge is 0.550 e. The molecule has 23 heavy (non-hydrogen) atoms. The third-order valence-corrected chi connectivity index (χ3v) is 3.64. The Hall–Kier alpha value is -2.52. The number of hydrogen-bond donors (Lipinski definition) is 2. The van der Waals surface area contributed by atoms with Gasteiger partial charge in [0.05, 0.1) is 18.1 Å². The van der Waals surface area contributed by atoms with Crippen molar-refractivity contribution in [3.05, 3.63) is 34.4 Å². The first-order chi connectivity index (χ1) is 11.0. The van der Waals surface area contributed by atoms with Crippen LogP contribution in [0.15, 0.2) is 24.3 Å². The van der Waals surface area contributed by atoms with Crippen molar-refractivity contribution in [3.63, 3.8) is 0 Å². The molecular weight excluding hydrogens is 306 g/mol. The molecule has 1 aliphatic heterocycles. The Balaban J connectivity index is 2.11. The monoisotopic (exact) mass is 323 g/mol. The molecule has 0 radical (unpaired) electrons. The van der Waals surface area contributed by atoms with Crippen molar-refractivity contribution in [2.24, 2.45) is 0 Å². The second kappa shape index (κ2) is 7.65. The van der Waals surface area contributed by atoms with Gasteiger partial charge in [0.15, 0.2) is 6.04 Å². The number of hydrogen-bond acceptors (Lipinski definition) is 6. The first-order valence-electron chi connectivity index (χ1n) is 7.15. The van der Waals surface area contributed by atoms with E-state index in [0.717, 1.165) is 4.90 Å². The number of quaternary nitrogens is 1. The molecule has 0 spiro atoms. The van der Waals surface area contributed by atoms with Crippen molar-refractivity contribution in [2.45, 2.75) is 12.5 Å². The highest BCUT2D eigenvalue weighted by Crippen LogP contribution is 2.17. The number of nitrogens with zero attached hydrogens (tertiary/aromatic N) is 1. The minimum atomic E-state index is -1.32. The van der Waals surface area contributed by atoms with E-state index in [1.54, 1.807) is 0 Å². The van der Waals surface area contributed by atoms with Crippen molar-refractivity contribution in [3.8, 4) is 0 Å². The molecule has 1 aromatic rings. The lowest BCUT2D eigenvalue weighted by atomic mass is 10.1. The Labute approximate surface area is 132 Å². The lowest BCUT2D eigenvalue weighted by Gasteiger charge is -2.30. The van der Waals surface area contributed by atoms with Crippen molar-refractivity contribution in [1.82, 2.24) is 0 Å². The number of carboxylic acids is 1. The number of rotatable bonds is 6. The van der Waals surface area contributed by atoms with Crippen LogP contribution in [0, 0.1) is 10.1 Å². The Bertz CT molecular complexity index is 600. The molecule has 9 nitrogen and oxygen atoms in total. The van der Waals surface area contributed by atoms with Crippen molar-refractivity contribution in [2.75, 3.05) is 31.6 Å². The lowest BCUT2D eigenvalue weighted by Crippen LogP contribution is -3.19. The summed E-state index contributed by atoms with van der Waals surface area (Å²) in [5.41, 5.74) is 0.0955. The van der Waals surface area contributed by atoms with Crippen LogP contribution in [0.2, 0.25) is 0 Å². The van der Waals surface area contributed by atoms with Crippen LogP contribution in [0.25, 0.3) is 0 Å². The summed E-state index contributed by atoms with van der Waals surface area (Å²) in [5.74, 6) is -1.82. The maximum absolute atomic E-state index is 12.4. The molecule has 0 aromatic heterocycles. The Morgan fingerprint density at radius 1 is 1.35 bits per heavy atom. The predicted molar refractivity (Wildman–Crippen MR) is 76.7 cm³/mol. The maximum Gasteiger partial charge on any atom is 0.283 e. The van der Waals surface area contributed by atoms with E-state index in [-0.39, 0.29) is 11.4 Å². The van der Waals surface area contributed by atoms with Crippen LogP contribution in [0.3, 0.4) is 0 Å². The number of carboxylic acid groups (broad SMARTS) is 1. The van der Waals surface area contributed by atoms with Gasteiger partial charge in [-0.25, -0.2) is 0 Å². The highest BCUT2D eigenvalue weighted by atomic mass is 16.6. The molecule has 1 atom stereocenters. The summed E-state index contributed by atoms with van der Waals surface area (Å²) < 4.78 is 5.20. The van der Waals surface area contributed by atoms with Gasteiger partial charge in [-0.1, -0.05) is 6.07 Å². The molecule has 0 aliphatic carbocycles. The number of benzene rings is 1. The van der Waals surface area contributed by atoms with Crippen LogP contribution in [-0.4, -0.2) is 49.1 Å². The number of morpholine rings is 1. The molecule has 2 rings (SSSR count). The number of aliphatic carboxylic acids is 1. The molecule has 0 unspecified atom stereocenters. The lowest BCUT2D eigenvalue weighted by molar-refractivity contribution is -0.923. The number of anilines is 1. The Morgan fingerprint density at radius 2 is 2.04 bits per heavy atom. The van der Waals surface area contributed by atoms with E-state index in [1.165, 1.54) is 24.3 Å². The fourth-order valence-electron chi connectivity index (χ4n) is 2.50. The molecule has 0 bridgehead atoms. The van der Waals surface area contributed by atoms with Crippen LogP contribution in [-0.2, 0) is 14.3 Å². The topological polar surface area (TPSA) is 126 Å². The van der Waals surface area contributed by atoms with Crippen LogP contribution >= 0.6 is 0 Å². The molecule has 1 heterocycles. The second-order valence-corrected chi connectivity index (χ2v) is 5.20. The first kappa shape index (κ1) is 16.8. The van der Waals surface area contributed by atoms with Crippen molar-refractivity contribution in [1.29, 1.82) is 0 Å². The van der Waals surface area contributed by atoms with Gasteiger partial charge in [0.2, 0.25) is 0 Å². The molecule has 1 amide bonds. The summed E-state index contributed by atoms with van der Waals surface area (Å²) in [5, 5.41) is 24.2. The summed E-state index contributed by atoms with van der Waals surface area (Å²) in [4.78, 5) is 34.3. The molecule has 0 saturated carbocycles. The molecule has 1 aliphatic rings. The van der Waals surface area contributed by atoms with Crippen LogP contribution in [0.4, 0.5) is 11.4 Å². The quantitative estimate of drug-likeness (QED) is 0.459. The molecule has 1 aromatic carbocycles. The van der Waals surface area contributed by atoms with E-state index >= 15 is 0 Å². The van der Waals surface area contributed by atoms with Gasteiger partial charge in [0, 0.05) is 30.2 Å². The predicted octanol–water partition coefficient (Wildman–Crippen LogP) is -2.04. The number of nitro benzene ring substituents is 1. The van der Waals surface area contributed by atoms with Crippen molar-refractivity contribution >= 4 is 23.3 Å². The zero-order valence-corrected chi connectivity index (χ0v) is 12.3. The number of amides is 1. The van der Waals surface area contributed by atoms with E-state index in [4.69, 9.17) is 4.74 Å². The average molecular weight is 323 g/mol. The van der Waals surface area contributed by atoms with Gasteiger partial charge in [-0.2, -0.15) is 0 Å². The highest BCUT2D eigenvalue weighted by molar-refractivity contribution is 5.95. The third-order valence-electron chi connectivity index (χ3n) is 3.64. The van der Waals surface area contributed by atoms with Gasteiger partial charge in [0.1, 0.15) is 13.1 Å². The Morgan fingerprint density at radius 3 is 2.65 bits per heavy atom. The van der Waals surface area contributed by atoms with Crippen LogP contribution < -0.4 is 15.3 Å².